The maximum absolute atomic E-state index is 5.62. The van der Waals surface area contributed by atoms with Gasteiger partial charge in [-0.15, -0.1) is 0 Å². The average molecular weight is 190 g/mol. The van der Waals surface area contributed by atoms with Gasteiger partial charge in [0.15, 0.2) is 5.96 Å². The molecule has 0 amide bonds. The molecule has 1 aromatic carbocycles. The Morgan fingerprint density at radius 1 is 1.36 bits per heavy atom. The molecule has 0 heterocycles. The Hall–Kier alpha value is -1.51. The van der Waals surface area contributed by atoms with Crippen LogP contribution >= 0.6 is 0 Å². The maximum atomic E-state index is 5.62. The van der Waals surface area contributed by atoms with Crippen LogP contribution in [0.25, 0.3) is 0 Å². The van der Waals surface area contributed by atoms with Crippen molar-refractivity contribution in [3.8, 4) is 0 Å². The summed E-state index contributed by atoms with van der Waals surface area (Å²) >= 11 is 0. The second kappa shape index (κ2) is 6.02. The van der Waals surface area contributed by atoms with E-state index >= 15 is 0 Å². The lowest BCUT2D eigenvalue weighted by Crippen LogP contribution is -2.32. The summed E-state index contributed by atoms with van der Waals surface area (Å²) in [6, 6.07) is 10.0. The number of nitrogens with zero attached hydrogens (tertiary/aromatic N) is 1. The highest BCUT2D eigenvalue weighted by molar-refractivity contribution is 5.77. The number of guanidine groups is 1. The van der Waals surface area contributed by atoms with Gasteiger partial charge in [-0.2, -0.15) is 0 Å². The molecule has 1 rings (SSSR count). The van der Waals surface area contributed by atoms with Crippen molar-refractivity contribution >= 4 is 5.96 Å². The topological polar surface area (TPSA) is 50.4 Å². The minimum atomic E-state index is 0.484. The number of aliphatic imine (C=N–C) groups is 1. The molecule has 0 unspecified atom stereocenters. The molecule has 1 radical (unpaired) electrons. The van der Waals surface area contributed by atoms with Gasteiger partial charge in [0.25, 0.3) is 0 Å². The van der Waals surface area contributed by atoms with Crippen LogP contribution in [-0.4, -0.2) is 12.5 Å². The SMILES string of the molecule is [CH2]CCNC(N)=NCc1ccccc1. The van der Waals surface area contributed by atoms with Gasteiger partial charge >= 0.3 is 0 Å². The normalized spacial score (nSPS) is 11.4. The van der Waals surface area contributed by atoms with Crippen LogP contribution in [0.3, 0.4) is 0 Å². The highest BCUT2D eigenvalue weighted by Crippen LogP contribution is 1.99. The smallest absolute Gasteiger partial charge is 0.188 e. The van der Waals surface area contributed by atoms with Gasteiger partial charge in [-0.1, -0.05) is 37.3 Å². The Kier molecular flexibility index (Phi) is 4.55. The summed E-state index contributed by atoms with van der Waals surface area (Å²) in [5, 5.41) is 2.97. The van der Waals surface area contributed by atoms with E-state index in [0.717, 1.165) is 18.5 Å². The van der Waals surface area contributed by atoms with Crippen molar-refractivity contribution in [1.82, 2.24) is 5.32 Å². The molecule has 0 aromatic heterocycles. The van der Waals surface area contributed by atoms with Gasteiger partial charge in [0.1, 0.15) is 0 Å². The molecule has 0 spiro atoms. The Bertz CT molecular complexity index is 280. The summed E-state index contributed by atoms with van der Waals surface area (Å²) < 4.78 is 0. The monoisotopic (exact) mass is 190 g/mol. The predicted molar refractivity (Wildman–Crippen MR) is 59.7 cm³/mol. The van der Waals surface area contributed by atoms with E-state index in [-0.39, 0.29) is 0 Å². The van der Waals surface area contributed by atoms with Crippen LogP contribution in [0.4, 0.5) is 0 Å². The van der Waals surface area contributed by atoms with Gasteiger partial charge in [-0.3, -0.25) is 0 Å². The van der Waals surface area contributed by atoms with Crippen LogP contribution in [0.1, 0.15) is 12.0 Å². The lowest BCUT2D eigenvalue weighted by molar-refractivity contribution is 0.865. The van der Waals surface area contributed by atoms with E-state index in [1.807, 2.05) is 30.3 Å². The average Bonchev–Trinajstić information content (AvgIpc) is 2.25. The van der Waals surface area contributed by atoms with E-state index in [4.69, 9.17) is 5.73 Å². The van der Waals surface area contributed by atoms with Gasteiger partial charge in [0.05, 0.1) is 6.54 Å². The molecule has 0 aliphatic heterocycles. The number of hydrogen-bond donors (Lipinski definition) is 2. The van der Waals surface area contributed by atoms with Crippen molar-refractivity contribution in [2.24, 2.45) is 10.7 Å². The third-order valence-corrected chi connectivity index (χ3v) is 1.76. The molecule has 0 saturated carbocycles. The molecule has 75 valence electrons. The van der Waals surface area contributed by atoms with E-state index in [9.17, 15) is 0 Å². The fraction of sp³-hybridized carbons (Fsp3) is 0.273. The molecule has 1 aromatic rings. The van der Waals surface area contributed by atoms with E-state index in [2.05, 4.69) is 17.2 Å². The zero-order chi connectivity index (χ0) is 10.2. The van der Waals surface area contributed by atoms with Crippen LogP contribution < -0.4 is 11.1 Å². The third-order valence-electron chi connectivity index (χ3n) is 1.76. The van der Waals surface area contributed by atoms with Gasteiger partial charge in [0.2, 0.25) is 0 Å². The van der Waals surface area contributed by atoms with Crippen LogP contribution in [0.15, 0.2) is 35.3 Å². The van der Waals surface area contributed by atoms with E-state index in [1.54, 1.807) is 0 Å². The number of rotatable bonds is 4. The van der Waals surface area contributed by atoms with Crippen LogP contribution in [0.2, 0.25) is 0 Å². The molecular weight excluding hydrogens is 174 g/mol. The first-order valence-corrected chi connectivity index (χ1v) is 4.70. The van der Waals surface area contributed by atoms with Gasteiger partial charge in [0, 0.05) is 6.54 Å². The van der Waals surface area contributed by atoms with Crippen LogP contribution in [-0.2, 0) is 6.54 Å². The molecule has 3 N–H and O–H groups in total. The van der Waals surface area contributed by atoms with Gasteiger partial charge in [-0.25, -0.2) is 4.99 Å². The molecule has 0 fully saturated rings. The minimum absolute atomic E-state index is 0.484. The first-order chi connectivity index (χ1) is 6.83. The molecule has 0 saturated heterocycles. The van der Waals surface area contributed by atoms with Gasteiger partial charge in [-0.05, 0) is 12.0 Å². The fourth-order valence-electron chi connectivity index (χ4n) is 1.03. The summed E-state index contributed by atoms with van der Waals surface area (Å²) in [7, 11) is 0. The first-order valence-electron chi connectivity index (χ1n) is 4.70. The molecule has 3 heteroatoms. The van der Waals surface area contributed by atoms with Gasteiger partial charge < -0.3 is 11.1 Å². The lowest BCUT2D eigenvalue weighted by atomic mass is 10.2. The minimum Gasteiger partial charge on any atom is -0.370 e. The molecule has 0 atom stereocenters. The third kappa shape index (κ3) is 3.94. The zero-order valence-electron chi connectivity index (χ0n) is 8.24. The van der Waals surface area contributed by atoms with E-state index in [1.165, 1.54) is 0 Å². The Morgan fingerprint density at radius 3 is 2.71 bits per heavy atom. The molecule has 3 nitrogen and oxygen atoms in total. The molecule has 14 heavy (non-hydrogen) atoms. The molecular formula is C11H16N3. The first kappa shape index (κ1) is 10.6. The highest BCUT2D eigenvalue weighted by atomic mass is 15.1. The van der Waals surface area contributed by atoms with E-state index < -0.39 is 0 Å². The maximum Gasteiger partial charge on any atom is 0.188 e. The van der Waals surface area contributed by atoms with Crippen LogP contribution in [0.5, 0.6) is 0 Å². The lowest BCUT2D eigenvalue weighted by Gasteiger charge is -2.02. The number of hydrogen-bond acceptors (Lipinski definition) is 1. The summed E-state index contributed by atoms with van der Waals surface area (Å²) in [4.78, 5) is 4.19. The van der Waals surface area contributed by atoms with Crippen molar-refractivity contribution in [2.75, 3.05) is 6.54 Å². The quantitative estimate of drug-likeness (QED) is 0.555. The second-order valence-corrected chi connectivity index (χ2v) is 2.97. The Balaban J connectivity index is 2.39. The predicted octanol–water partition coefficient (Wildman–Crippen LogP) is 1.32. The summed E-state index contributed by atoms with van der Waals surface area (Å²) in [6.45, 7) is 5.09. The largest absolute Gasteiger partial charge is 0.370 e. The molecule has 0 bridgehead atoms. The summed E-state index contributed by atoms with van der Waals surface area (Å²) in [5.41, 5.74) is 6.78. The van der Waals surface area contributed by atoms with Crippen molar-refractivity contribution in [3.05, 3.63) is 42.8 Å². The van der Waals surface area contributed by atoms with Crippen molar-refractivity contribution in [1.29, 1.82) is 0 Å². The highest BCUT2D eigenvalue weighted by Gasteiger charge is 1.90. The zero-order valence-corrected chi connectivity index (χ0v) is 8.24. The molecule has 0 aliphatic carbocycles. The summed E-state index contributed by atoms with van der Waals surface area (Å²) in [5.74, 6) is 0.484. The second-order valence-electron chi connectivity index (χ2n) is 2.97. The molecule has 0 aliphatic rings. The van der Waals surface area contributed by atoms with Crippen molar-refractivity contribution in [2.45, 2.75) is 13.0 Å². The van der Waals surface area contributed by atoms with Crippen molar-refractivity contribution < 1.29 is 0 Å². The summed E-state index contributed by atoms with van der Waals surface area (Å²) in [6.07, 6.45) is 0.807. The Labute approximate surface area is 85.0 Å². The number of benzene rings is 1. The van der Waals surface area contributed by atoms with Crippen LogP contribution in [0, 0.1) is 6.92 Å². The van der Waals surface area contributed by atoms with E-state index in [0.29, 0.717) is 12.5 Å². The Morgan fingerprint density at radius 2 is 2.07 bits per heavy atom. The standard InChI is InChI=1S/C11H16N3/c1-2-8-13-11(12)14-9-10-6-4-3-5-7-10/h3-7H,1-2,8-9H2,(H3,12,13,14). The van der Waals surface area contributed by atoms with Crippen molar-refractivity contribution in [3.63, 3.8) is 0 Å². The fourth-order valence-corrected chi connectivity index (χ4v) is 1.03. The number of nitrogens with two attached hydrogens (primary N) is 1. The number of nitrogens with one attached hydrogen (secondary N) is 1.